The van der Waals surface area contributed by atoms with Gasteiger partial charge in [-0.1, -0.05) is 35.3 Å². The minimum absolute atomic E-state index is 0.0244. The van der Waals surface area contributed by atoms with E-state index in [0.717, 1.165) is 37.5 Å². The number of nitrogens with zero attached hydrogens (tertiary/aromatic N) is 2. The molecule has 0 bridgehead atoms. The van der Waals surface area contributed by atoms with Gasteiger partial charge in [-0.15, -0.1) is 0 Å². The Balaban J connectivity index is 1.53. The molecule has 33 heavy (non-hydrogen) atoms. The molecule has 0 radical (unpaired) electrons. The summed E-state index contributed by atoms with van der Waals surface area (Å²) >= 11 is 12.1. The van der Waals surface area contributed by atoms with Gasteiger partial charge in [0.2, 0.25) is 5.91 Å². The normalized spacial score (nSPS) is 23.4. The number of ether oxygens (including phenoxy) is 1. The molecule has 1 saturated carbocycles. The molecule has 0 unspecified atom stereocenters. The van der Waals surface area contributed by atoms with E-state index in [4.69, 9.17) is 27.9 Å². The van der Waals surface area contributed by atoms with Crippen molar-refractivity contribution in [2.45, 2.75) is 24.8 Å². The second-order valence-electron chi connectivity index (χ2n) is 8.91. The Hall–Kier alpha value is -2.28. The van der Waals surface area contributed by atoms with E-state index in [9.17, 15) is 9.59 Å². The van der Waals surface area contributed by atoms with Crippen molar-refractivity contribution in [1.82, 2.24) is 15.1 Å². The molecule has 8 heteroatoms. The van der Waals surface area contributed by atoms with E-state index in [1.54, 1.807) is 25.3 Å². The first-order chi connectivity index (χ1) is 15.8. The van der Waals surface area contributed by atoms with E-state index in [0.29, 0.717) is 28.5 Å². The standard InChI is InChI=1S/C25H29Cl2N3O3/c1-29-7-9-30(10-8-29)25(32)23-15-20(14-22(23)16-3-5-21(33-2)6-4-16)28-24(31)17-11-18(26)13-19(27)12-17/h3-6,11-13,20,22-23H,7-10,14-15H2,1-2H3,(H,28,31)/t20-,22+,23-/m0/s1. The summed E-state index contributed by atoms with van der Waals surface area (Å²) in [7, 11) is 3.71. The monoisotopic (exact) mass is 489 g/mol. The Morgan fingerprint density at radius 1 is 0.970 bits per heavy atom. The van der Waals surface area contributed by atoms with Crippen LogP contribution in [0.3, 0.4) is 0 Å². The fourth-order valence-electron chi connectivity index (χ4n) is 4.86. The van der Waals surface area contributed by atoms with E-state index in [1.807, 2.05) is 29.2 Å². The number of likely N-dealkylation sites (N-methyl/N-ethyl adjacent to an activating group) is 1. The van der Waals surface area contributed by atoms with Gasteiger partial charge in [0, 0.05) is 53.7 Å². The minimum Gasteiger partial charge on any atom is -0.497 e. The van der Waals surface area contributed by atoms with Crippen LogP contribution in [-0.4, -0.2) is 68.0 Å². The van der Waals surface area contributed by atoms with Crippen molar-refractivity contribution in [2.24, 2.45) is 5.92 Å². The van der Waals surface area contributed by atoms with Gasteiger partial charge >= 0.3 is 0 Å². The number of carbonyl (C=O) groups is 2. The van der Waals surface area contributed by atoms with Crippen molar-refractivity contribution >= 4 is 35.0 Å². The van der Waals surface area contributed by atoms with Gasteiger partial charge in [-0.2, -0.15) is 0 Å². The van der Waals surface area contributed by atoms with Gasteiger partial charge in [0.1, 0.15) is 5.75 Å². The van der Waals surface area contributed by atoms with Crippen LogP contribution >= 0.6 is 23.2 Å². The molecule has 1 saturated heterocycles. The van der Waals surface area contributed by atoms with Crippen molar-refractivity contribution in [2.75, 3.05) is 40.3 Å². The zero-order valence-corrected chi connectivity index (χ0v) is 20.4. The second kappa shape index (κ2) is 10.3. The zero-order valence-electron chi connectivity index (χ0n) is 18.9. The highest BCUT2D eigenvalue weighted by Crippen LogP contribution is 2.41. The third kappa shape index (κ3) is 5.62. The molecule has 2 aliphatic rings. The fourth-order valence-corrected chi connectivity index (χ4v) is 5.39. The smallest absolute Gasteiger partial charge is 0.251 e. The van der Waals surface area contributed by atoms with E-state index in [-0.39, 0.29) is 29.7 Å². The van der Waals surface area contributed by atoms with E-state index in [2.05, 4.69) is 17.3 Å². The van der Waals surface area contributed by atoms with Gasteiger partial charge in [-0.25, -0.2) is 0 Å². The molecule has 2 aromatic rings. The second-order valence-corrected chi connectivity index (χ2v) is 9.79. The summed E-state index contributed by atoms with van der Waals surface area (Å²) in [4.78, 5) is 30.6. The maximum absolute atomic E-state index is 13.5. The number of carbonyl (C=O) groups excluding carboxylic acids is 2. The molecule has 4 rings (SSSR count). The SMILES string of the molecule is COc1ccc([C@H]2C[C@H](NC(=O)c3cc(Cl)cc(Cl)c3)C[C@@H]2C(=O)N2CCN(C)CC2)cc1. The largest absolute Gasteiger partial charge is 0.497 e. The van der Waals surface area contributed by atoms with Crippen LogP contribution in [0.4, 0.5) is 0 Å². The van der Waals surface area contributed by atoms with Gasteiger partial charge in [0.15, 0.2) is 0 Å². The van der Waals surface area contributed by atoms with Crippen molar-refractivity contribution in [3.63, 3.8) is 0 Å². The van der Waals surface area contributed by atoms with Gasteiger partial charge in [-0.05, 0) is 61.7 Å². The van der Waals surface area contributed by atoms with Gasteiger partial charge in [-0.3, -0.25) is 9.59 Å². The first-order valence-corrected chi connectivity index (χ1v) is 12.0. The molecular formula is C25H29Cl2N3O3. The number of benzene rings is 2. The molecule has 6 nitrogen and oxygen atoms in total. The number of methoxy groups -OCH3 is 1. The molecule has 0 aromatic heterocycles. The lowest BCUT2D eigenvalue weighted by atomic mass is 9.87. The van der Waals surface area contributed by atoms with E-state index < -0.39 is 0 Å². The molecule has 176 valence electrons. The summed E-state index contributed by atoms with van der Waals surface area (Å²) in [6.45, 7) is 3.22. The van der Waals surface area contributed by atoms with Crippen LogP contribution in [0.5, 0.6) is 5.75 Å². The van der Waals surface area contributed by atoms with E-state index >= 15 is 0 Å². The lowest BCUT2D eigenvalue weighted by molar-refractivity contribution is -0.137. The van der Waals surface area contributed by atoms with Crippen LogP contribution < -0.4 is 10.1 Å². The molecule has 1 aliphatic heterocycles. The van der Waals surface area contributed by atoms with Gasteiger partial charge < -0.3 is 19.9 Å². The highest BCUT2D eigenvalue weighted by atomic mass is 35.5. The minimum atomic E-state index is -0.231. The highest BCUT2D eigenvalue weighted by molar-refractivity contribution is 6.35. The molecule has 2 aromatic carbocycles. The molecule has 1 N–H and O–H groups in total. The molecule has 1 aliphatic carbocycles. The molecule has 3 atom stereocenters. The number of nitrogens with one attached hydrogen (secondary N) is 1. The Morgan fingerprint density at radius 3 is 2.21 bits per heavy atom. The first kappa shape index (κ1) is 23.9. The average Bonchev–Trinajstić information content (AvgIpc) is 3.22. The van der Waals surface area contributed by atoms with Crippen LogP contribution in [0.1, 0.15) is 34.7 Å². The van der Waals surface area contributed by atoms with Gasteiger partial charge in [0.05, 0.1) is 7.11 Å². The molecule has 1 heterocycles. The highest BCUT2D eigenvalue weighted by Gasteiger charge is 2.42. The summed E-state index contributed by atoms with van der Waals surface area (Å²) < 4.78 is 5.29. The van der Waals surface area contributed by atoms with Gasteiger partial charge in [0.25, 0.3) is 5.91 Å². The van der Waals surface area contributed by atoms with Crippen molar-refractivity contribution in [1.29, 1.82) is 0 Å². The summed E-state index contributed by atoms with van der Waals surface area (Å²) in [5, 5.41) is 3.94. The summed E-state index contributed by atoms with van der Waals surface area (Å²) in [5.41, 5.74) is 1.51. The zero-order chi connectivity index (χ0) is 23.5. The summed E-state index contributed by atoms with van der Waals surface area (Å²) in [6, 6.07) is 12.6. The summed E-state index contributed by atoms with van der Waals surface area (Å²) in [6.07, 6.45) is 1.29. The predicted octanol–water partition coefficient (Wildman–Crippen LogP) is 4.07. The third-order valence-corrected chi connectivity index (χ3v) is 7.14. The summed E-state index contributed by atoms with van der Waals surface area (Å²) in [5.74, 6) is 0.560. The molecule has 0 spiro atoms. The van der Waals surface area contributed by atoms with Crippen LogP contribution in [-0.2, 0) is 4.79 Å². The number of hydrogen-bond donors (Lipinski definition) is 1. The molecular weight excluding hydrogens is 461 g/mol. The average molecular weight is 490 g/mol. The Labute approximate surface area is 204 Å². The van der Waals surface area contributed by atoms with Crippen LogP contribution in [0.2, 0.25) is 10.0 Å². The quantitative estimate of drug-likeness (QED) is 0.687. The lowest BCUT2D eigenvalue weighted by Gasteiger charge is -2.35. The molecule has 2 fully saturated rings. The maximum atomic E-state index is 13.5. The lowest BCUT2D eigenvalue weighted by Crippen LogP contribution is -2.49. The number of amides is 2. The van der Waals surface area contributed by atoms with Crippen LogP contribution in [0.25, 0.3) is 0 Å². The fraction of sp³-hybridized carbons (Fsp3) is 0.440. The number of piperazine rings is 1. The predicted molar refractivity (Wildman–Crippen MR) is 130 cm³/mol. The topological polar surface area (TPSA) is 61.9 Å². The molecule has 2 amide bonds. The number of halogens is 2. The number of rotatable bonds is 5. The van der Waals surface area contributed by atoms with Crippen molar-refractivity contribution in [3.05, 3.63) is 63.6 Å². The Bertz CT molecular complexity index is 986. The Kier molecular flexibility index (Phi) is 7.47. The first-order valence-electron chi connectivity index (χ1n) is 11.2. The number of hydrogen-bond acceptors (Lipinski definition) is 4. The van der Waals surface area contributed by atoms with Crippen molar-refractivity contribution < 1.29 is 14.3 Å². The van der Waals surface area contributed by atoms with Crippen LogP contribution in [0.15, 0.2) is 42.5 Å². The van der Waals surface area contributed by atoms with Crippen molar-refractivity contribution in [3.8, 4) is 5.75 Å². The maximum Gasteiger partial charge on any atom is 0.251 e. The van der Waals surface area contributed by atoms with E-state index in [1.165, 1.54) is 0 Å². The third-order valence-electron chi connectivity index (χ3n) is 6.70. The van der Waals surface area contributed by atoms with Crippen LogP contribution in [0, 0.1) is 5.92 Å². The Morgan fingerprint density at radius 2 is 1.61 bits per heavy atom.